The maximum absolute atomic E-state index is 11.6. The van der Waals surface area contributed by atoms with Crippen LogP contribution in [0.4, 0.5) is 5.69 Å². The van der Waals surface area contributed by atoms with Crippen molar-refractivity contribution >= 4 is 11.6 Å². The zero-order valence-electron chi connectivity index (χ0n) is 11.9. The van der Waals surface area contributed by atoms with Gasteiger partial charge in [0.15, 0.2) is 0 Å². The minimum absolute atomic E-state index is 0.0102. The fourth-order valence-electron chi connectivity index (χ4n) is 1.65. The number of carbonyl (C=O) groups is 1. The standard InChI is InChI=1S/C15H24N2O2/c1-3-13-6-8-14(9-7-13)17-12-15(18)16-10-5-11-19-4-2/h6-9,17H,3-5,10-12H2,1-2H3,(H,16,18). The molecule has 4 heteroatoms. The second-order valence-corrected chi connectivity index (χ2v) is 4.30. The molecule has 0 aromatic heterocycles. The molecule has 0 atom stereocenters. The Morgan fingerprint density at radius 2 is 1.95 bits per heavy atom. The average Bonchev–Trinajstić information content (AvgIpc) is 2.45. The quantitative estimate of drug-likeness (QED) is 0.672. The summed E-state index contributed by atoms with van der Waals surface area (Å²) in [5, 5.41) is 5.96. The summed E-state index contributed by atoms with van der Waals surface area (Å²) < 4.78 is 5.20. The van der Waals surface area contributed by atoms with E-state index in [1.807, 2.05) is 19.1 Å². The van der Waals surface area contributed by atoms with Crippen LogP contribution < -0.4 is 10.6 Å². The van der Waals surface area contributed by atoms with E-state index in [0.29, 0.717) is 19.7 Å². The highest BCUT2D eigenvalue weighted by Crippen LogP contribution is 2.09. The van der Waals surface area contributed by atoms with Crippen LogP contribution in [-0.2, 0) is 16.0 Å². The Balaban J connectivity index is 2.15. The fraction of sp³-hybridized carbons (Fsp3) is 0.533. The van der Waals surface area contributed by atoms with Crippen LogP contribution in [0.2, 0.25) is 0 Å². The normalized spacial score (nSPS) is 10.2. The minimum Gasteiger partial charge on any atom is -0.382 e. The van der Waals surface area contributed by atoms with Crippen molar-refractivity contribution in [2.45, 2.75) is 26.7 Å². The summed E-state index contributed by atoms with van der Waals surface area (Å²) in [4.78, 5) is 11.6. The van der Waals surface area contributed by atoms with Crippen molar-refractivity contribution < 1.29 is 9.53 Å². The summed E-state index contributed by atoms with van der Waals surface area (Å²) in [6, 6.07) is 8.15. The van der Waals surface area contributed by atoms with Gasteiger partial charge < -0.3 is 15.4 Å². The predicted molar refractivity (Wildman–Crippen MR) is 78.4 cm³/mol. The molecule has 1 amide bonds. The lowest BCUT2D eigenvalue weighted by Gasteiger charge is -2.08. The van der Waals surface area contributed by atoms with Crippen molar-refractivity contribution in [1.82, 2.24) is 5.32 Å². The number of nitrogens with one attached hydrogen (secondary N) is 2. The van der Waals surface area contributed by atoms with Gasteiger partial charge in [0.25, 0.3) is 0 Å². The summed E-state index contributed by atoms with van der Waals surface area (Å²) in [5.41, 5.74) is 2.27. The van der Waals surface area contributed by atoms with Gasteiger partial charge in [-0.1, -0.05) is 19.1 Å². The minimum atomic E-state index is 0.0102. The van der Waals surface area contributed by atoms with Gasteiger partial charge in [-0.05, 0) is 37.5 Å². The largest absolute Gasteiger partial charge is 0.382 e. The van der Waals surface area contributed by atoms with E-state index >= 15 is 0 Å². The smallest absolute Gasteiger partial charge is 0.239 e. The van der Waals surface area contributed by atoms with Crippen molar-refractivity contribution in [1.29, 1.82) is 0 Å². The van der Waals surface area contributed by atoms with Gasteiger partial charge in [0.2, 0.25) is 5.91 Å². The number of carbonyl (C=O) groups excluding carboxylic acids is 1. The Morgan fingerprint density at radius 3 is 2.58 bits per heavy atom. The second-order valence-electron chi connectivity index (χ2n) is 4.30. The third-order valence-electron chi connectivity index (χ3n) is 2.81. The third-order valence-corrected chi connectivity index (χ3v) is 2.81. The maximum Gasteiger partial charge on any atom is 0.239 e. The van der Waals surface area contributed by atoms with E-state index in [1.54, 1.807) is 0 Å². The van der Waals surface area contributed by atoms with Gasteiger partial charge in [-0.25, -0.2) is 0 Å². The lowest BCUT2D eigenvalue weighted by molar-refractivity contribution is -0.119. The third kappa shape index (κ3) is 6.82. The van der Waals surface area contributed by atoms with Crippen LogP contribution in [0.25, 0.3) is 0 Å². The molecule has 0 saturated heterocycles. The zero-order chi connectivity index (χ0) is 13.9. The number of ether oxygens (including phenoxy) is 1. The van der Waals surface area contributed by atoms with Crippen LogP contribution in [0.5, 0.6) is 0 Å². The van der Waals surface area contributed by atoms with Crippen LogP contribution in [0.3, 0.4) is 0 Å². The highest BCUT2D eigenvalue weighted by molar-refractivity contribution is 5.80. The Labute approximate surface area is 115 Å². The van der Waals surface area contributed by atoms with E-state index in [9.17, 15) is 4.79 Å². The molecule has 0 aliphatic rings. The molecule has 0 aliphatic carbocycles. The molecule has 19 heavy (non-hydrogen) atoms. The molecular weight excluding hydrogens is 240 g/mol. The first-order chi connectivity index (χ1) is 9.26. The van der Waals surface area contributed by atoms with Crippen LogP contribution in [-0.4, -0.2) is 32.2 Å². The highest BCUT2D eigenvalue weighted by atomic mass is 16.5. The van der Waals surface area contributed by atoms with Crippen molar-refractivity contribution in [3.8, 4) is 0 Å². The molecule has 0 unspecified atom stereocenters. The number of anilines is 1. The van der Waals surface area contributed by atoms with Gasteiger partial charge in [0.05, 0.1) is 6.54 Å². The summed E-state index contributed by atoms with van der Waals surface area (Å²) in [5.74, 6) is 0.0102. The monoisotopic (exact) mass is 264 g/mol. The fourth-order valence-corrected chi connectivity index (χ4v) is 1.65. The van der Waals surface area contributed by atoms with Crippen LogP contribution in [0, 0.1) is 0 Å². The number of rotatable bonds is 9. The van der Waals surface area contributed by atoms with Crippen molar-refractivity contribution in [3.05, 3.63) is 29.8 Å². The lowest BCUT2D eigenvalue weighted by atomic mass is 10.1. The van der Waals surface area contributed by atoms with Crippen molar-refractivity contribution in [3.63, 3.8) is 0 Å². The predicted octanol–water partition coefficient (Wildman–Crippen LogP) is 2.20. The molecule has 0 heterocycles. The van der Waals surface area contributed by atoms with Crippen LogP contribution in [0.15, 0.2) is 24.3 Å². The second kappa shape index (κ2) is 9.39. The average molecular weight is 264 g/mol. The topological polar surface area (TPSA) is 50.4 Å². The van der Waals surface area contributed by atoms with E-state index in [0.717, 1.165) is 25.1 Å². The summed E-state index contributed by atoms with van der Waals surface area (Å²) in [7, 11) is 0. The molecule has 106 valence electrons. The first kappa shape index (κ1) is 15.5. The molecule has 0 spiro atoms. The molecule has 0 fully saturated rings. The van der Waals surface area contributed by atoms with Gasteiger partial charge >= 0.3 is 0 Å². The van der Waals surface area contributed by atoms with E-state index in [2.05, 4.69) is 29.7 Å². The summed E-state index contributed by atoms with van der Waals surface area (Å²) in [6.07, 6.45) is 1.88. The number of benzene rings is 1. The molecule has 1 aromatic carbocycles. The Kier molecular flexibility index (Phi) is 7.66. The molecule has 2 N–H and O–H groups in total. The molecular formula is C15H24N2O2. The highest BCUT2D eigenvalue weighted by Gasteiger charge is 2.00. The SMILES string of the molecule is CCOCCCNC(=O)CNc1ccc(CC)cc1. The van der Waals surface area contributed by atoms with Gasteiger partial charge in [-0.2, -0.15) is 0 Å². The Hall–Kier alpha value is -1.55. The molecule has 1 aromatic rings. The molecule has 0 saturated carbocycles. The Morgan fingerprint density at radius 1 is 1.21 bits per heavy atom. The van der Waals surface area contributed by atoms with E-state index in [4.69, 9.17) is 4.74 Å². The van der Waals surface area contributed by atoms with Gasteiger partial charge in [0.1, 0.15) is 0 Å². The van der Waals surface area contributed by atoms with E-state index < -0.39 is 0 Å². The number of amides is 1. The summed E-state index contributed by atoms with van der Waals surface area (Å²) in [6.45, 7) is 6.48. The van der Waals surface area contributed by atoms with Gasteiger partial charge in [0, 0.05) is 25.4 Å². The van der Waals surface area contributed by atoms with Crippen LogP contribution in [0.1, 0.15) is 25.8 Å². The Bertz CT molecular complexity index is 363. The van der Waals surface area contributed by atoms with Crippen LogP contribution >= 0.6 is 0 Å². The molecule has 1 rings (SSSR count). The van der Waals surface area contributed by atoms with Gasteiger partial charge in [-0.3, -0.25) is 4.79 Å². The van der Waals surface area contributed by atoms with E-state index in [-0.39, 0.29) is 5.91 Å². The number of hydrogen-bond donors (Lipinski definition) is 2. The maximum atomic E-state index is 11.6. The summed E-state index contributed by atoms with van der Waals surface area (Å²) >= 11 is 0. The van der Waals surface area contributed by atoms with Crippen molar-refractivity contribution in [2.24, 2.45) is 0 Å². The molecule has 0 radical (unpaired) electrons. The molecule has 0 bridgehead atoms. The van der Waals surface area contributed by atoms with E-state index in [1.165, 1.54) is 5.56 Å². The zero-order valence-corrected chi connectivity index (χ0v) is 11.9. The molecule has 4 nitrogen and oxygen atoms in total. The molecule has 0 aliphatic heterocycles. The first-order valence-corrected chi connectivity index (χ1v) is 6.93. The first-order valence-electron chi connectivity index (χ1n) is 6.93. The van der Waals surface area contributed by atoms with Crippen molar-refractivity contribution in [2.75, 3.05) is 31.6 Å². The van der Waals surface area contributed by atoms with Gasteiger partial charge in [-0.15, -0.1) is 0 Å². The lowest BCUT2D eigenvalue weighted by Crippen LogP contribution is -2.31. The number of hydrogen-bond acceptors (Lipinski definition) is 3. The number of aryl methyl sites for hydroxylation is 1.